The zero-order chi connectivity index (χ0) is 15.4. The second kappa shape index (κ2) is 6.81. The van der Waals surface area contributed by atoms with Crippen molar-refractivity contribution in [3.8, 4) is 5.75 Å². The van der Waals surface area contributed by atoms with Crippen LogP contribution in [-0.4, -0.2) is 12.6 Å². The summed E-state index contributed by atoms with van der Waals surface area (Å²) in [7, 11) is 0. The number of aryl methyl sites for hydroxylation is 2. The molecule has 1 aromatic carbocycles. The summed E-state index contributed by atoms with van der Waals surface area (Å²) < 4.78 is 11.5. The monoisotopic (exact) mass is 287 g/mol. The van der Waals surface area contributed by atoms with E-state index in [0.29, 0.717) is 0 Å². The Balaban J connectivity index is 2.36. The fourth-order valence-corrected chi connectivity index (χ4v) is 2.59. The molecule has 0 aliphatic rings. The molecule has 2 rings (SSSR count). The highest BCUT2D eigenvalue weighted by molar-refractivity contribution is 5.38. The zero-order valence-corrected chi connectivity index (χ0v) is 13.6. The minimum atomic E-state index is 0.128. The van der Waals surface area contributed by atoms with Crippen LogP contribution in [0.2, 0.25) is 0 Å². The highest BCUT2D eigenvalue weighted by Crippen LogP contribution is 2.29. The Labute approximate surface area is 127 Å². The van der Waals surface area contributed by atoms with E-state index in [1.54, 1.807) is 0 Å². The van der Waals surface area contributed by atoms with Crippen molar-refractivity contribution in [2.45, 2.75) is 46.8 Å². The van der Waals surface area contributed by atoms with E-state index in [0.717, 1.165) is 23.8 Å². The van der Waals surface area contributed by atoms with Crippen LogP contribution in [0.4, 0.5) is 0 Å². The van der Waals surface area contributed by atoms with Crippen molar-refractivity contribution in [3.05, 3.63) is 53.0 Å². The average molecular weight is 287 g/mol. The minimum Gasteiger partial charge on any atom is -0.491 e. The fourth-order valence-electron chi connectivity index (χ4n) is 2.59. The Hall–Kier alpha value is -1.74. The van der Waals surface area contributed by atoms with Gasteiger partial charge in [-0.15, -0.1) is 0 Å². The Morgan fingerprint density at radius 3 is 2.52 bits per heavy atom. The molecule has 0 saturated carbocycles. The molecule has 0 saturated heterocycles. The van der Waals surface area contributed by atoms with Crippen molar-refractivity contribution in [3.63, 3.8) is 0 Å². The van der Waals surface area contributed by atoms with E-state index < -0.39 is 0 Å². The van der Waals surface area contributed by atoms with Crippen LogP contribution in [0.1, 0.15) is 49.5 Å². The third-order valence-electron chi connectivity index (χ3n) is 3.36. The van der Waals surface area contributed by atoms with Gasteiger partial charge in [0.25, 0.3) is 0 Å². The zero-order valence-electron chi connectivity index (χ0n) is 13.6. The van der Waals surface area contributed by atoms with Crippen LogP contribution in [0.3, 0.4) is 0 Å². The molecule has 0 fully saturated rings. The van der Waals surface area contributed by atoms with Crippen molar-refractivity contribution < 1.29 is 9.15 Å². The summed E-state index contributed by atoms with van der Waals surface area (Å²) in [5.41, 5.74) is 2.38. The highest BCUT2D eigenvalue weighted by atomic mass is 16.5. The molecule has 114 valence electrons. The van der Waals surface area contributed by atoms with E-state index in [1.165, 1.54) is 11.1 Å². The third kappa shape index (κ3) is 3.88. The number of hydrogen-bond donors (Lipinski definition) is 1. The van der Waals surface area contributed by atoms with Gasteiger partial charge in [-0.05, 0) is 58.0 Å². The molecule has 1 N–H and O–H groups in total. The van der Waals surface area contributed by atoms with Gasteiger partial charge in [-0.1, -0.05) is 19.1 Å². The lowest BCUT2D eigenvalue weighted by atomic mass is 9.98. The van der Waals surface area contributed by atoms with Gasteiger partial charge in [0.1, 0.15) is 17.3 Å². The second-order valence-electron chi connectivity index (χ2n) is 5.60. The van der Waals surface area contributed by atoms with E-state index in [9.17, 15) is 0 Å². The summed E-state index contributed by atoms with van der Waals surface area (Å²) in [6.07, 6.45) is 0.177. The molecule has 1 atom stereocenters. The number of rotatable bonds is 6. The first kappa shape index (κ1) is 15.6. The predicted octanol–water partition coefficient (Wildman–Crippen LogP) is 4.38. The first-order valence-electron chi connectivity index (χ1n) is 7.58. The van der Waals surface area contributed by atoms with Gasteiger partial charge in [0.15, 0.2) is 0 Å². The van der Waals surface area contributed by atoms with Crippen molar-refractivity contribution in [1.29, 1.82) is 0 Å². The van der Waals surface area contributed by atoms with Crippen LogP contribution >= 0.6 is 0 Å². The van der Waals surface area contributed by atoms with E-state index in [-0.39, 0.29) is 12.1 Å². The maximum Gasteiger partial charge on any atom is 0.120 e. The quantitative estimate of drug-likeness (QED) is 0.856. The molecule has 2 aromatic rings. The molecule has 0 amide bonds. The first-order valence-corrected chi connectivity index (χ1v) is 7.58. The van der Waals surface area contributed by atoms with Crippen LogP contribution < -0.4 is 10.1 Å². The molecule has 0 bridgehead atoms. The molecular weight excluding hydrogens is 262 g/mol. The lowest BCUT2D eigenvalue weighted by Gasteiger charge is -2.19. The van der Waals surface area contributed by atoms with Gasteiger partial charge in [0, 0.05) is 5.56 Å². The Morgan fingerprint density at radius 2 is 1.95 bits per heavy atom. The van der Waals surface area contributed by atoms with Crippen molar-refractivity contribution >= 4 is 0 Å². The summed E-state index contributed by atoms with van der Waals surface area (Å²) in [6.45, 7) is 11.1. The summed E-state index contributed by atoms with van der Waals surface area (Å²) in [5.74, 6) is 2.82. The first-order chi connectivity index (χ1) is 10.0. The Kier molecular flexibility index (Phi) is 5.07. The molecule has 0 spiro atoms. The smallest absolute Gasteiger partial charge is 0.120 e. The van der Waals surface area contributed by atoms with Crippen molar-refractivity contribution in [2.24, 2.45) is 0 Å². The van der Waals surface area contributed by atoms with Crippen LogP contribution in [0.25, 0.3) is 0 Å². The largest absolute Gasteiger partial charge is 0.491 e. The predicted molar refractivity (Wildman–Crippen MR) is 85.9 cm³/mol. The van der Waals surface area contributed by atoms with E-state index in [1.807, 2.05) is 39.8 Å². The molecule has 1 aromatic heterocycles. The van der Waals surface area contributed by atoms with E-state index >= 15 is 0 Å². The third-order valence-corrected chi connectivity index (χ3v) is 3.36. The standard InChI is InChI=1S/C18H25NO2/c1-6-19-18(17-10-13(4)21-14(17)5)15-8-7-9-16(11-15)20-12(2)3/h7-12,18-19H,6H2,1-5H3. The summed E-state index contributed by atoms with van der Waals surface area (Å²) in [4.78, 5) is 0. The number of furan rings is 1. The molecule has 0 aliphatic heterocycles. The Morgan fingerprint density at radius 1 is 1.19 bits per heavy atom. The van der Waals surface area contributed by atoms with Crippen LogP contribution in [0.15, 0.2) is 34.7 Å². The molecule has 1 unspecified atom stereocenters. The fraction of sp³-hybridized carbons (Fsp3) is 0.444. The summed E-state index contributed by atoms with van der Waals surface area (Å²) in [6, 6.07) is 10.5. The average Bonchev–Trinajstić information content (AvgIpc) is 2.74. The van der Waals surface area contributed by atoms with Gasteiger partial charge in [-0.25, -0.2) is 0 Å². The van der Waals surface area contributed by atoms with Gasteiger partial charge in [-0.3, -0.25) is 0 Å². The van der Waals surface area contributed by atoms with Gasteiger partial charge in [0.2, 0.25) is 0 Å². The SMILES string of the molecule is CCNC(c1cccc(OC(C)C)c1)c1cc(C)oc1C. The molecule has 0 aliphatic carbocycles. The van der Waals surface area contributed by atoms with Gasteiger partial charge < -0.3 is 14.5 Å². The lowest BCUT2D eigenvalue weighted by molar-refractivity contribution is 0.242. The van der Waals surface area contributed by atoms with Gasteiger partial charge in [0.05, 0.1) is 12.1 Å². The topological polar surface area (TPSA) is 34.4 Å². The van der Waals surface area contributed by atoms with E-state index in [2.05, 4.69) is 30.4 Å². The number of hydrogen-bond acceptors (Lipinski definition) is 3. The molecular formula is C18H25NO2. The van der Waals surface area contributed by atoms with E-state index in [4.69, 9.17) is 9.15 Å². The maximum atomic E-state index is 5.80. The van der Waals surface area contributed by atoms with Crippen LogP contribution in [-0.2, 0) is 0 Å². The van der Waals surface area contributed by atoms with Gasteiger partial charge in [-0.2, -0.15) is 0 Å². The summed E-state index contributed by atoms with van der Waals surface area (Å²) >= 11 is 0. The normalized spacial score (nSPS) is 12.7. The van der Waals surface area contributed by atoms with Crippen molar-refractivity contribution in [2.75, 3.05) is 6.54 Å². The maximum absolute atomic E-state index is 5.80. The molecule has 3 nitrogen and oxygen atoms in total. The van der Waals surface area contributed by atoms with Crippen molar-refractivity contribution in [1.82, 2.24) is 5.32 Å². The lowest BCUT2D eigenvalue weighted by Crippen LogP contribution is -2.22. The van der Waals surface area contributed by atoms with Crippen LogP contribution in [0, 0.1) is 13.8 Å². The number of ether oxygens (including phenoxy) is 1. The molecule has 1 heterocycles. The molecule has 3 heteroatoms. The highest BCUT2D eigenvalue weighted by Gasteiger charge is 2.18. The summed E-state index contributed by atoms with van der Waals surface area (Å²) in [5, 5.41) is 3.53. The second-order valence-corrected chi connectivity index (χ2v) is 5.60. The Bertz CT molecular complexity index is 587. The number of benzene rings is 1. The molecule has 21 heavy (non-hydrogen) atoms. The number of nitrogens with one attached hydrogen (secondary N) is 1. The minimum absolute atomic E-state index is 0.128. The molecule has 0 radical (unpaired) electrons. The van der Waals surface area contributed by atoms with Gasteiger partial charge >= 0.3 is 0 Å². The van der Waals surface area contributed by atoms with Crippen LogP contribution in [0.5, 0.6) is 5.75 Å².